The molecule has 4 aromatic heterocycles. The van der Waals surface area contributed by atoms with E-state index in [0.29, 0.717) is 21.6 Å². The van der Waals surface area contributed by atoms with Gasteiger partial charge in [-0.3, -0.25) is 23.4 Å². The van der Waals surface area contributed by atoms with Gasteiger partial charge in [0, 0.05) is 17.1 Å². The summed E-state index contributed by atoms with van der Waals surface area (Å²) in [4.78, 5) is 47.5. The molecule has 0 atom stereocenters. The van der Waals surface area contributed by atoms with Crippen LogP contribution in [0.3, 0.4) is 0 Å². The van der Waals surface area contributed by atoms with Crippen LogP contribution in [0.1, 0.15) is 21.7 Å². The number of pyridine rings is 1. The molecule has 0 aromatic carbocycles. The van der Waals surface area contributed by atoms with Crippen molar-refractivity contribution in [2.75, 3.05) is 0 Å². The molecule has 9 heteroatoms. The maximum absolute atomic E-state index is 12.7. The van der Waals surface area contributed by atoms with Gasteiger partial charge in [-0.1, -0.05) is 6.07 Å². The molecular formula is C20H18N4O4S. The van der Waals surface area contributed by atoms with E-state index in [9.17, 15) is 14.4 Å². The van der Waals surface area contributed by atoms with Crippen molar-refractivity contribution in [3.8, 4) is 0 Å². The highest BCUT2D eigenvalue weighted by atomic mass is 32.1. The number of hydrogen-bond donors (Lipinski definition) is 0. The number of esters is 1. The molecule has 0 fully saturated rings. The Bertz CT molecular complexity index is 1380. The summed E-state index contributed by atoms with van der Waals surface area (Å²) in [6.45, 7) is 5.23. The molecule has 0 amide bonds. The molecule has 4 rings (SSSR count). The number of carbonyl (C=O) groups excluding carboxylic acids is 1. The van der Waals surface area contributed by atoms with Crippen molar-refractivity contribution in [3.05, 3.63) is 73.1 Å². The van der Waals surface area contributed by atoms with Crippen LogP contribution in [0.15, 0.2) is 40.3 Å². The molecule has 4 heterocycles. The predicted molar refractivity (Wildman–Crippen MR) is 109 cm³/mol. The summed E-state index contributed by atoms with van der Waals surface area (Å²) in [6.07, 6.45) is 2.99. The molecule has 0 aliphatic heterocycles. The largest absolute Gasteiger partial charge is 0.458 e. The highest BCUT2D eigenvalue weighted by Gasteiger charge is 2.15. The zero-order valence-corrected chi connectivity index (χ0v) is 16.9. The predicted octanol–water partition coefficient (Wildman–Crippen LogP) is 2.13. The van der Waals surface area contributed by atoms with Crippen molar-refractivity contribution < 1.29 is 9.53 Å². The molecule has 0 radical (unpaired) electrons. The van der Waals surface area contributed by atoms with Crippen LogP contribution in [0.4, 0.5) is 0 Å². The fraction of sp³-hybridized carbons (Fsp3) is 0.250. The number of thiophene rings is 1. The van der Waals surface area contributed by atoms with Crippen LogP contribution in [0.25, 0.3) is 15.9 Å². The van der Waals surface area contributed by atoms with E-state index >= 15 is 0 Å². The van der Waals surface area contributed by atoms with Crippen LogP contribution >= 0.6 is 11.3 Å². The van der Waals surface area contributed by atoms with Gasteiger partial charge < -0.3 is 4.74 Å². The molecule has 148 valence electrons. The average Bonchev–Trinajstić information content (AvgIpc) is 2.98. The molecule has 0 saturated heterocycles. The summed E-state index contributed by atoms with van der Waals surface area (Å²) in [5, 5.41) is 0.530. The van der Waals surface area contributed by atoms with Crippen LogP contribution in [0.5, 0.6) is 0 Å². The van der Waals surface area contributed by atoms with E-state index in [1.54, 1.807) is 12.3 Å². The molecule has 0 spiro atoms. The second-order valence-corrected chi connectivity index (χ2v) is 7.98. The Kier molecular flexibility index (Phi) is 4.75. The normalized spacial score (nSPS) is 11.3. The maximum atomic E-state index is 12.7. The van der Waals surface area contributed by atoms with Crippen molar-refractivity contribution >= 4 is 33.2 Å². The minimum absolute atomic E-state index is 0.153. The third kappa shape index (κ3) is 3.44. The Morgan fingerprint density at radius 2 is 2.03 bits per heavy atom. The van der Waals surface area contributed by atoms with Gasteiger partial charge >= 0.3 is 5.97 Å². The van der Waals surface area contributed by atoms with Crippen molar-refractivity contribution in [1.82, 2.24) is 18.9 Å². The number of fused-ring (bicyclic) bond motifs is 2. The van der Waals surface area contributed by atoms with Gasteiger partial charge in [0.25, 0.3) is 11.1 Å². The van der Waals surface area contributed by atoms with Gasteiger partial charge in [-0.25, -0.2) is 9.97 Å². The molecule has 29 heavy (non-hydrogen) atoms. The van der Waals surface area contributed by atoms with Gasteiger partial charge in [0.2, 0.25) is 0 Å². The lowest BCUT2D eigenvalue weighted by molar-refractivity contribution is -0.145. The van der Waals surface area contributed by atoms with Gasteiger partial charge in [-0.05, 0) is 38.0 Å². The average molecular weight is 410 g/mol. The SMILES string of the molecule is Cc1sc2ncn(CC(=O)OCc3cc(=O)n4cccc(C)c4n3)c(=O)c2c1C. The Labute approximate surface area is 169 Å². The zero-order chi connectivity index (χ0) is 20.7. The second kappa shape index (κ2) is 7.25. The lowest BCUT2D eigenvalue weighted by atomic mass is 10.2. The van der Waals surface area contributed by atoms with Gasteiger partial charge in [0.15, 0.2) is 0 Å². The summed E-state index contributed by atoms with van der Waals surface area (Å²) in [6, 6.07) is 4.95. The van der Waals surface area contributed by atoms with Gasteiger partial charge in [-0.15, -0.1) is 11.3 Å². The molecule has 0 saturated carbocycles. The van der Waals surface area contributed by atoms with Crippen LogP contribution < -0.4 is 11.1 Å². The topological polar surface area (TPSA) is 95.6 Å². The van der Waals surface area contributed by atoms with E-state index in [1.165, 1.54) is 32.7 Å². The fourth-order valence-corrected chi connectivity index (χ4v) is 4.09. The summed E-state index contributed by atoms with van der Waals surface area (Å²) in [7, 11) is 0. The maximum Gasteiger partial charge on any atom is 0.326 e. The van der Waals surface area contributed by atoms with Crippen molar-refractivity contribution in [1.29, 1.82) is 0 Å². The first kappa shape index (κ1) is 19.0. The van der Waals surface area contributed by atoms with Gasteiger partial charge in [0.1, 0.15) is 23.6 Å². The molecular weight excluding hydrogens is 392 g/mol. The number of aryl methyl sites for hydroxylation is 3. The first-order valence-electron chi connectivity index (χ1n) is 8.94. The van der Waals surface area contributed by atoms with Crippen LogP contribution in [0.2, 0.25) is 0 Å². The lowest BCUT2D eigenvalue weighted by Crippen LogP contribution is -2.26. The summed E-state index contributed by atoms with van der Waals surface area (Å²) < 4.78 is 7.91. The third-order valence-electron chi connectivity index (χ3n) is 4.78. The van der Waals surface area contributed by atoms with E-state index in [2.05, 4.69) is 9.97 Å². The Balaban J connectivity index is 1.53. The van der Waals surface area contributed by atoms with E-state index in [0.717, 1.165) is 16.0 Å². The van der Waals surface area contributed by atoms with E-state index in [4.69, 9.17) is 4.74 Å². The number of aromatic nitrogens is 4. The van der Waals surface area contributed by atoms with Crippen LogP contribution in [-0.4, -0.2) is 24.9 Å². The molecule has 0 unspecified atom stereocenters. The zero-order valence-electron chi connectivity index (χ0n) is 16.1. The first-order chi connectivity index (χ1) is 13.8. The van der Waals surface area contributed by atoms with Crippen LogP contribution in [0, 0.1) is 20.8 Å². The fourth-order valence-electron chi connectivity index (χ4n) is 3.10. The molecule has 0 aliphatic carbocycles. The number of carbonyl (C=O) groups is 1. The Morgan fingerprint density at radius 1 is 1.24 bits per heavy atom. The number of hydrogen-bond acceptors (Lipinski definition) is 7. The van der Waals surface area contributed by atoms with Gasteiger partial charge in [-0.2, -0.15) is 0 Å². The van der Waals surface area contributed by atoms with Crippen molar-refractivity contribution in [3.63, 3.8) is 0 Å². The second-order valence-electron chi connectivity index (χ2n) is 6.77. The van der Waals surface area contributed by atoms with Crippen LogP contribution in [-0.2, 0) is 22.7 Å². The van der Waals surface area contributed by atoms with Crippen molar-refractivity contribution in [2.45, 2.75) is 33.9 Å². The molecule has 4 aromatic rings. The Hall–Kier alpha value is -3.33. The third-order valence-corrected chi connectivity index (χ3v) is 5.89. The molecule has 0 bridgehead atoms. The Morgan fingerprint density at radius 3 is 2.83 bits per heavy atom. The monoisotopic (exact) mass is 410 g/mol. The molecule has 0 N–H and O–H groups in total. The minimum Gasteiger partial charge on any atom is -0.458 e. The van der Waals surface area contributed by atoms with E-state index < -0.39 is 5.97 Å². The molecule has 8 nitrogen and oxygen atoms in total. The lowest BCUT2D eigenvalue weighted by Gasteiger charge is -2.08. The summed E-state index contributed by atoms with van der Waals surface area (Å²) in [5.41, 5.74) is 2.06. The minimum atomic E-state index is -0.607. The van der Waals surface area contributed by atoms with E-state index in [1.807, 2.05) is 26.8 Å². The number of ether oxygens (including phenoxy) is 1. The summed E-state index contributed by atoms with van der Waals surface area (Å²) in [5.74, 6) is -0.607. The quantitative estimate of drug-likeness (QED) is 0.478. The van der Waals surface area contributed by atoms with Gasteiger partial charge in [0.05, 0.1) is 17.4 Å². The summed E-state index contributed by atoms with van der Waals surface area (Å²) >= 11 is 1.45. The first-order valence-corrected chi connectivity index (χ1v) is 9.75. The highest BCUT2D eigenvalue weighted by Crippen LogP contribution is 2.25. The standard InChI is InChI=1S/C20H18N4O4S/c1-11-5-4-6-24-15(25)7-14(22-18(11)24)9-28-16(26)8-23-10-21-19-17(20(23)27)12(2)13(3)29-19/h4-7,10H,8-9H2,1-3H3. The van der Waals surface area contributed by atoms with Crippen molar-refractivity contribution in [2.24, 2.45) is 0 Å². The van der Waals surface area contributed by atoms with E-state index in [-0.39, 0.29) is 24.3 Å². The molecule has 0 aliphatic rings. The number of nitrogens with zero attached hydrogens (tertiary/aromatic N) is 4. The number of rotatable bonds is 4. The highest BCUT2D eigenvalue weighted by molar-refractivity contribution is 7.18. The smallest absolute Gasteiger partial charge is 0.326 e.